The molecule has 6 nitrogen and oxygen atoms in total. The zero-order chi connectivity index (χ0) is 14.2. The van der Waals surface area contributed by atoms with Crippen LogP contribution in [0.4, 0.5) is 4.79 Å². The van der Waals surface area contributed by atoms with E-state index < -0.39 is 0 Å². The third kappa shape index (κ3) is 4.10. The Hall–Kier alpha value is -2.34. The van der Waals surface area contributed by atoms with Gasteiger partial charge in [-0.2, -0.15) is 0 Å². The number of benzene rings is 1. The van der Waals surface area contributed by atoms with Crippen LogP contribution in [0.1, 0.15) is 11.3 Å². The highest BCUT2D eigenvalue weighted by molar-refractivity contribution is 5.74. The van der Waals surface area contributed by atoms with Crippen LogP contribution in [0, 0.1) is 0 Å². The minimum atomic E-state index is -0.245. The summed E-state index contributed by atoms with van der Waals surface area (Å²) in [6, 6.07) is 11.1. The number of hydrogen-bond acceptors (Lipinski definition) is 4. The number of aliphatic hydroxyl groups is 1. The zero-order valence-electron chi connectivity index (χ0n) is 11.0. The molecule has 0 aliphatic rings. The lowest BCUT2D eigenvalue weighted by Crippen LogP contribution is -2.40. The van der Waals surface area contributed by atoms with Crippen LogP contribution in [0.25, 0.3) is 0 Å². The Bertz CT molecular complexity index is 514. The van der Waals surface area contributed by atoms with Crippen molar-refractivity contribution in [3.05, 3.63) is 53.9 Å². The maximum absolute atomic E-state index is 12.1. The number of amides is 2. The topological polar surface area (TPSA) is 78.6 Å². The van der Waals surface area contributed by atoms with Gasteiger partial charge in [0.2, 0.25) is 0 Å². The Labute approximate surface area is 117 Å². The molecule has 0 aliphatic heterocycles. The van der Waals surface area contributed by atoms with Crippen LogP contribution < -0.4 is 5.32 Å². The van der Waals surface area contributed by atoms with E-state index in [-0.39, 0.29) is 19.2 Å². The average molecular weight is 275 g/mol. The smallest absolute Gasteiger partial charge is 0.318 e. The van der Waals surface area contributed by atoms with Gasteiger partial charge in [-0.1, -0.05) is 35.5 Å². The van der Waals surface area contributed by atoms with Crippen molar-refractivity contribution in [2.45, 2.75) is 13.1 Å². The second-order valence-corrected chi connectivity index (χ2v) is 4.28. The van der Waals surface area contributed by atoms with Gasteiger partial charge in [-0.25, -0.2) is 4.79 Å². The van der Waals surface area contributed by atoms with Crippen molar-refractivity contribution in [3.63, 3.8) is 0 Å². The van der Waals surface area contributed by atoms with Crippen molar-refractivity contribution >= 4 is 6.03 Å². The van der Waals surface area contributed by atoms with Crippen molar-refractivity contribution in [3.8, 4) is 0 Å². The van der Waals surface area contributed by atoms with Crippen molar-refractivity contribution in [1.82, 2.24) is 15.4 Å². The van der Waals surface area contributed by atoms with Crippen LogP contribution >= 0.6 is 0 Å². The summed E-state index contributed by atoms with van der Waals surface area (Å²) in [5.41, 5.74) is 1.67. The number of nitrogens with zero attached hydrogens (tertiary/aromatic N) is 2. The third-order valence-corrected chi connectivity index (χ3v) is 2.79. The first-order valence-corrected chi connectivity index (χ1v) is 6.36. The number of carbonyl (C=O) groups is 1. The molecule has 20 heavy (non-hydrogen) atoms. The fourth-order valence-electron chi connectivity index (χ4n) is 1.78. The minimum Gasteiger partial charge on any atom is -0.395 e. The summed E-state index contributed by atoms with van der Waals surface area (Å²) in [5, 5.41) is 15.5. The molecule has 106 valence electrons. The van der Waals surface area contributed by atoms with Gasteiger partial charge < -0.3 is 19.8 Å². The Morgan fingerprint density at radius 2 is 2.10 bits per heavy atom. The fraction of sp³-hybridized carbons (Fsp3) is 0.286. The third-order valence-electron chi connectivity index (χ3n) is 2.79. The summed E-state index contributed by atoms with van der Waals surface area (Å²) in [5.74, 6) is 0. The monoisotopic (exact) mass is 275 g/mol. The molecular formula is C14H17N3O3. The summed E-state index contributed by atoms with van der Waals surface area (Å²) < 4.78 is 4.70. The van der Waals surface area contributed by atoms with Gasteiger partial charge >= 0.3 is 6.03 Å². The summed E-state index contributed by atoms with van der Waals surface area (Å²) in [7, 11) is 0. The number of hydrogen-bond donors (Lipinski definition) is 2. The molecule has 0 aliphatic carbocycles. The van der Waals surface area contributed by atoms with Gasteiger partial charge in [0.15, 0.2) is 0 Å². The van der Waals surface area contributed by atoms with E-state index in [1.807, 2.05) is 30.3 Å². The van der Waals surface area contributed by atoms with Crippen LogP contribution in [0.15, 0.2) is 47.2 Å². The van der Waals surface area contributed by atoms with E-state index in [4.69, 9.17) is 9.63 Å². The molecule has 1 heterocycles. The molecule has 0 bridgehead atoms. The van der Waals surface area contributed by atoms with Gasteiger partial charge in [-0.05, 0) is 5.56 Å². The Balaban J connectivity index is 1.91. The Kier molecular flexibility index (Phi) is 5.14. The molecule has 2 aromatic rings. The van der Waals surface area contributed by atoms with Crippen molar-refractivity contribution in [2.24, 2.45) is 0 Å². The van der Waals surface area contributed by atoms with Crippen LogP contribution in [0.2, 0.25) is 0 Å². The standard InChI is InChI=1S/C14H17N3O3/c18-8-7-17(11-12-4-2-1-3-5-12)14(19)15-10-13-6-9-20-16-13/h1-6,9,18H,7-8,10-11H2,(H,15,19). The lowest BCUT2D eigenvalue weighted by atomic mass is 10.2. The summed E-state index contributed by atoms with van der Waals surface area (Å²) in [4.78, 5) is 13.6. The number of carbonyl (C=O) groups excluding carboxylic acids is 1. The van der Waals surface area contributed by atoms with E-state index in [1.54, 1.807) is 11.0 Å². The van der Waals surface area contributed by atoms with Crippen LogP contribution in [0.5, 0.6) is 0 Å². The highest BCUT2D eigenvalue weighted by Crippen LogP contribution is 2.05. The number of urea groups is 1. The van der Waals surface area contributed by atoms with E-state index in [2.05, 4.69) is 10.5 Å². The molecule has 1 aromatic heterocycles. The number of aromatic nitrogens is 1. The SMILES string of the molecule is O=C(NCc1ccon1)N(CCO)Cc1ccccc1. The summed E-state index contributed by atoms with van der Waals surface area (Å²) in [6.07, 6.45) is 1.46. The maximum Gasteiger partial charge on any atom is 0.318 e. The minimum absolute atomic E-state index is 0.0792. The van der Waals surface area contributed by atoms with E-state index in [0.29, 0.717) is 18.8 Å². The molecule has 2 amide bonds. The maximum atomic E-state index is 12.1. The van der Waals surface area contributed by atoms with Gasteiger partial charge in [-0.3, -0.25) is 0 Å². The van der Waals surface area contributed by atoms with Gasteiger partial charge in [-0.15, -0.1) is 0 Å². The lowest BCUT2D eigenvalue weighted by Gasteiger charge is -2.22. The molecule has 0 radical (unpaired) electrons. The fourth-order valence-corrected chi connectivity index (χ4v) is 1.78. The van der Waals surface area contributed by atoms with Gasteiger partial charge in [0.1, 0.15) is 12.0 Å². The molecule has 0 atom stereocenters. The summed E-state index contributed by atoms with van der Waals surface area (Å²) >= 11 is 0. The second-order valence-electron chi connectivity index (χ2n) is 4.28. The van der Waals surface area contributed by atoms with Crippen molar-refractivity contribution in [2.75, 3.05) is 13.2 Å². The van der Waals surface area contributed by atoms with E-state index in [9.17, 15) is 4.79 Å². The van der Waals surface area contributed by atoms with E-state index >= 15 is 0 Å². The Morgan fingerprint density at radius 1 is 1.30 bits per heavy atom. The highest BCUT2D eigenvalue weighted by Gasteiger charge is 2.13. The van der Waals surface area contributed by atoms with Crippen LogP contribution in [-0.2, 0) is 13.1 Å². The second kappa shape index (κ2) is 7.30. The summed E-state index contributed by atoms with van der Waals surface area (Å²) in [6.45, 7) is 0.946. The molecule has 0 fully saturated rings. The Morgan fingerprint density at radius 3 is 2.75 bits per heavy atom. The first-order valence-electron chi connectivity index (χ1n) is 6.36. The number of nitrogens with one attached hydrogen (secondary N) is 1. The highest BCUT2D eigenvalue weighted by atomic mass is 16.5. The zero-order valence-corrected chi connectivity index (χ0v) is 11.0. The van der Waals surface area contributed by atoms with Crippen LogP contribution in [-0.4, -0.2) is 34.3 Å². The molecule has 2 N–H and O–H groups in total. The number of aliphatic hydroxyl groups excluding tert-OH is 1. The first-order chi connectivity index (χ1) is 9.79. The molecule has 0 saturated heterocycles. The quantitative estimate of drug-likeness (QED) is 0.834. The van der Waals surface area contributed by atoms with Crippen molar-refractivity contribution < 1.29 is 14.4 Å². The molecule has 6 heteroatoms. The van der Waals surface area contributed by atoms with E-state index in [0.717, 1.165) is 5.56 Å². The molecular weight excluding hydrogens is 258 g/mol. The van der Waals surface area contributed by atoms with Gasteiger partial charge in [0.05, 0.1) is 13.2 Å². The number of rotatable bonds is 6. The average Bonchev–Trinajstić information content (AvgIpc) is 2.99. The van der Waals surface area contributed by atoms with E-state index in [1.165, 1.54) is 6.26 Å². The van der Waals surface area contributed by atoms with Crippen molar-refractivity contribution in [1.29, 1.82) is 0 Å². The molecule has 0 unspecified atom stereocenters. The molecule has 2 rings (SSSR count). The van der Waals surface area contributed by atoms with Gasteiger partial charge in [0, 0.05) is 19.2 Å². The molecule has 0 spiro atoms. The van der Waals surface area contributed by atoms with Crippen LogP contribution in [0.3, 0.4) is 0 Å². The predicted molar refractivity (Wildman–Crippen MR) is 72.7 cm³/mol. The normalized spacial score (nSPS) is 10.2. The molecule has 1 aromatic carbocycles. The lowest BCUT2D eigenvalue weighted by molar-refractivity contribution is 0.173. The molecule has 0 saturated carbocycles. The predicted octanol–water partition coefficient (Wildman–Crippen LogP) is 1.38. The van der Waals surface area contributed by atoms with Gasteiger partial charge in [0.25, 0.3) is 0 Å². The first kappa shape index (κ1) is 14.1. The largest absolute Gasteiger partial charge is 0.395 e.